The minimum absolute atomic E-state index is 0.0520. The van der Waals surface area contributed by atoms with Gasteiger partial charge in [-0.05, 0) is 26.2 Å². The van der Waals surface area contributed by atoms with Crippen LogP contribution in [0.5, 0.6) is 0 Å². The van der Waals surface area contributed by atoms with Crippen molar-refractivity contribution in [3.8, 4) is 0 Å². The first-order chi connectivity index (χ1) is 11.5. The minimum atomic E-state index is -0.939. The Hall–Kier alpha value is -2.02. The number of aromatic nitrogens is 2. The first-order valence-electron chi connectivity index (χ1n) is 8.11. The highest BCUT2D eigenvalue weighted by molar-refractivity contribution is 5.81. The highest BCUT2D eigenvalue weighted by Gasteiger charge is 2.27. The number of likely N-dealkylation sites (tertiary alicyclic amines) is 1. The van der Waals surface area contributed by atoms with E-state index < -0.39 is 11.6 Å². The Morgan fingerprint density at radius 3 is 2.83 bits per heavy atom. The fourth-order valence-electron chi connectivity index (χ4n) is 3.36. The number of methoxy groups -OCH3 is 1. The zero-order valence-corrected chi connectivity index (χ0v) is 13.9. The molecular weight excluding hydrogens is 316 g/mol. The van der Waals surface area contributed by atoms with Gasteiger partial charge < -0.3 is 14.2 Å². The number of amides is 1. The van der Waals surface area contributed by atoms with Crippen molar-refractivity contribution in [2.24, 2.45) is 0 Å². The number of hydrogen-bond donors (Lipinski definition) is 0. The molecule has 0 aliphatic carbocycles. The van der Waals surface area contributed by atoms with Crippen molar-refractivity contribution in [3.05, 3.63) is 29.6 Å². The van der Waals surface area contributed by atoms with Crippen LogP contribution in [0.15, 0.2) is 12.1 Å². The van der Waals surface area contributed by atoms with E-state index in [0.717, 1.165) is 31.4 Å². The molecule has 1 aromatic heterocycles. The number of benzene rings is 1. The second-order valence-electron chi connectivity index (χ2n) is 6.19. The quantitative estimate of drug-likeness (QED) is 0.862. The van der Waals surface area contributed by atoms with Gasteiger partial charge in [0, 0.05) is 25.8 Å². The summed E-state index contributed by atoms with van der Waals surface area (Å²) in [6.45, 7) is 3.00. The molecule has 0 N–H and O–H groups in total. The fraction of sp³-hybridized carbons (Fsp3) is 0.529. The first-order valence-corrected chi connectivity index (χ1v) is 8.11. The van der Waals surface area contributed by atoms with Gasteiger partial charge in [-0.1, -0.05) is 0 Å². The first kappa shape index (κ1) is 16.8. The Bertz CT molecular complexity index is 758. The van der Waals surface area contributed by atoms with E-state index in [0.29, 0.717) is 30.0 Å². The van der Waals surface area contributed by atoms with Crippen LogP contribution in [0.25, 0.3) is 11.0 Å². The molecule has 24 heavy (non-hydrogen) atoms. The Morgan fingerprint density at radius 1 is 1.33 bits per heavy atom. The van der Waals surface area contributed by atoms with Gasteiger partial charge in [0.2, 0.25) is 5.91 Å². The average molecular weight is 337 g/mol. The van der Waals surface area contributed by atoms with E-state index in [-0.39, 0.29) is 18.5 Å². The second kappa shape index (κ2) is 6.84. The molecule has 0 saturated carbocycles. The number of rotatable bonds is 4. The molecule has 1 aliphatic rings. The third-order valence-electron chi connectivity index (χ3n) is 4.58. The van der Waals surface area contributed by atoms with Crippen LogP contribution in [0.2, 0.25) is 0 Å². The average Bonchev–Trinajstić information content (AvgIpc) is 2.84. The molecule has 1 amide bonds. The third-order valence-corrected chi connectivity index (χ3v) is 4.58. The smallest absolute Gasteiger partial charge is 0.242 e. The van der Waals surface area contributed by atoms with E-state index in [4.69, 9.17) is 4.74 Å². The maximum Gasteiger partial charge on any atom is 0.242 e. The van der Waals surface area contributed by atoms with E-state index in [1.807, 2.05) is 4.90 Å². The molecule has 1 aromatic carbocycles. The van der Waals surface area contributed by atoms with Gasteiger partial charge in [-0.2, -0.15) is 0 Å². The molecule has 1 saturated heterocycles. The largest absolute Gasteiger partial charge is 0.383 e. The zero-order valence-electron chi connectivity index (χ0n) is 13.9. The lowest BCUT2D eigenvalue weighted by Gasteiger charge is -2.35. The summed E-state index contributed by atoms with van der Waals surface area (Å²) in [5, 5.41) is 0. The molecule has 1 aliphatic heterocycles. The molecule has 0 bridgehead atoms. The molecule has 5 nitrogen and oxygen atoms in total. The normalized spacial score (nSPS) is 18.3. The summed E-state index contributed by atoms with van der Waals surface area (Å²) in [6.07, 6.45) is 2.97. The molecule has 1 unspecified atom stereocenters. The highest BCUT2D eigenvalue weighted by atomic mass is 19.2. The second-order valence-corrected chi connectivity index (χ2v) is 6.19. The van der Waals surface area contributed by atoms with Crippen LogP contribution in [0.1, 0.15) is 25.1 Å². The Kier molecular flexibility index (Phi) is 4.80. The molecule has 1 atom stereocenters. The Morgan fingerprint density at radius 2 is 2.08 bits per heavy atom. The molecular formula is C17H21F2N3O2. The molecule has 7 heteroatoms. The minimum Gasteiger partial charge on any atom is -0.383 e. The SMILES string of the molecule is COCC1CCCCN1C(=O)Cn1c(C)nc2cc(F)c(F)cc21. The molecule has 130 valence electrons. The van der Waals surface area contributed by atoms with Crippen molar-refractivity contribution >= 4 is 16.9 Å². The van der Waals surface area contributed by atoms with Crippen LogP contribution in [-0.4, -0.2) is 46.7 Å². The van der Waals surface area contributed by atoms with Gasteiger partial charge in [-0.15, -0.1) is 0 Å². The summed E-state index contributed by atoms with van der Waals surface area (Å²) in [7, 11) is 1.63. The summed E-state index contributed by atoms with van der Waals surface area (Å²) in [6, 6.07) is 2.23. The maximum atomic E-state index is 13.6. The van der Waals surface area contributed by atoms with Crippen LogP contribution in [-0.2, 0) is 16.1 Å². The maximum absolute atomic E-state index is 13.6. The molecule has 2 aromatic rings. The predicted molar refractivity (Wildman–Crippen MR) is 85.6 cm³/mol. The van der Waals surface area contributed by atoms with Crippen molar-refractivity contribution < 1.29 is 18.3 Å². The van der Waals surface area contributed by atoms with Crippen molar-refractivity contribution in [1.82, 2.24) is 14.5 Å². The number of ether oxygens (including phenoxy) is 1. The number of imidazole rings is 1. The molecule has 1 fully saturated rings. The lowest BCUT2D eigenvalue weighted by atomic mass is 10.0. The molecule has 2 heterocycles. The van der Waals surface area contributed by atoms with Gasteiger partial charge in [-0.25, -0.2) is 13.8 Å². The summed E-state index contributed by atoms with van der Waals surface area (Å²) in [5.74, 6) is -1.37. The lowest BCUT2D eigenvalue weighted by molar-refractivity contribution is -0.136. The standard InChI is InChI=1S/C17H21F2N3O2/c1-11-20-15-7-13(18)14(19)8-16(15)22(11)9-17(23)21-6-4-3-5-12(21)10-24-2/h7-8,12H,3-6,9-10H2,1-2H3. The summed E-state index contributed by atoms with van der Waals surface area (Å²) in [5.41, 5.74) is 0.784. The number of nitrogens with zero attached hydrogens (tertiary/aromatic N) is 3. The highest BCUT2D eigenvalue weighted by Crippen LogP contribution is 2.22. The number of carbonyl (C=O) groups is 1. The number of piperidine rings is 1. The van der Waals surface area contributed by atoms with E-state index in [1.165, 1.54) is 0 Å². The third kappa shape index (κ3) is 3.13. The van der Waals surface area contributed by atoms with Crippen LogP contribution in [0.3, 0.4) is 0 Å². The van der Waals surface area contributed by atoms with Gasteiger partial charge in [0.1, 0.15) is 12.4 Å². The lowest BCUT2D eigenvalue weighted by Crippen LogP contribution is -2.47. The van der Waals surface area contributed by atoms with Crippen molar-refractivity contribution in [3.63, 3.8) is 0 Å². The monoisotopic (exact) mass is 337 g/mol. The van der Waals surface area contributed by atoms with Gasteiger partial charge >= 0.3 is 0 Å². The van der Waals surface area contributed by atoms with Crippen LogP contribution >= 0.6 is 0 Å². The molecule has 0 spiro atoms. The van der Waals surface area contributed by atoms with Crippen LogP contribution in [0, 0.1) is 18.6 Å². The number of hydrogen-bond acceptors (Lipinski definition) is 3. The predicted octanol–water partition coefficient (Wildman–Crippen LogP) is 2.65. The Labute approximate surface area is 139 Å². The van der Waals surface area contributed by atoms with Gasteiger partial charge in [0.05, 0.1) is 23.7 Å². The summed E-state index contributed by atoms with van der Waals surface area (Å²) < 4.78 is 33.8. The van der Waals surface area contributed by atoms with Gasteiger partial charge in [0.25, 0.3) is 0 Å². The van der Waals surface area contributed by atoms with Crippen molar-refractivity contribution in [1.29, 1.82) is 0 Å². The van der Waals surface area contributed by atoms with Crippen LogP contribution < -0.4 is 0 Å². The van der Waals surface area contributed by atoms with Crippen molar-refractivity contribution in [2.75, 3.05) is 20.3 Å². The Balaban J connectivity index is 1.87. The molecule has 0 radical (unpaired) electrons. The summed E-state index contributed by atoms with van der Waals surface area (Å²) in [4.78, 5) is 18.8. The number of carbonyl (C=O) groups excluding carboxylic acids is 1. The number of halogens is 2. The van der Waals surface area contributed by atoms with E-state index in [1.54, 1.807) is 18.6 Å². The van der Waals surface area contributed by atoms with Gasteiger partial charge in [-0.3, -0.25) is 4.79 Å². The molecule has 3 rings (SSSR count). The van der Waals surface area contributed by atoms with Crippen molar-refractivity contribution in [2.45, 2.75) is 38.8 Å². The topological polar surface area (TPSA) is 47.4 Å². The number of fused-ring (bicyclic) bond motifs is 1. The van der Waals surface area contributed by atoms with Crippen LogP contribution in [0.4, 0.5) is 8.78 Å². The summed E-state index contributed by atoms with van der Waals surface area (Å²) >= 11 is 0. The zero-order chi connectivity index (χ0) is 17.3. The van der Waals surface area contributed by atoms with E-state index >= 15 is 0 Å². The number of aryl methyl sites for hydroxylation is 1. The van der Waals surface area contributed by atoms with E-state index in [2.05, 4.69) is 4.98 Å². The fourth-order valence-corrected chi connectivity index (χ4v) is 3.36. The van der Waals surface area contributed by atoms with Gasteiger partial charge in [0.15, 0.2) is 11.6 Å². The van der Waals surface area contributed by atoms with E-state index in [9.17, 15) is 13.6 Å².